The van der Waals surface area contributed by atoms with Gasteiger partial charge in [-0.3, -0.25) is 4.72 Å². The lowest BCUT2D eigenvalue weighted by Gasteiger charge is -2.14. The van der Waals surface area contributed by atoms with Crippen molar-refractivity contribution in [3.8, 4) is 0 Å². The topological polar surface area (TPSA) is 116 Å². The molecule has 0 saturated heterocycles. The lowest BCUT2D eigenvalue weighted by Crippen LogP contribution is -2.20. The number of nitrogens with two attached hydrogens (primary N) is 1. The minimum Gasteiger partial charge on any atom is -0.377 e. The van der Waals surface area contributed by atoms with Gasteiger partial charge in [-0.25, -0.2) is 22.0 Å². The Morgan fingerprint density at radius 1 is 1.04 bits per heavy atom. The van der Waals surface area contributed by atoms with Gasteiger partial charge in [-0.15, -0.1) is 0 Å². The van der Waals surface area contributed by atoms with Crippen LogP contribution in [0.1, 0.15) is 23.1 Å². The van der Waals surface area contributed by atoms with Gasteiger partial charge in [0.1, 0.15) is 0 Å². The van der Waals surface area contributed by atoms with E-state index in [4.69, 9.17) is 9.88 Å². The van der Waals surface area contributed by atoms with E-state index in [1.165, 1.54) is 12.1 Å². The maximum Gasteiger partial charge on any atom is 0.238 e. The molecule has 2 rings (SSSR count). The van der Waals surface area contributed by atoms with Gasteiger partial charge in [0, 0.05) is 6.61 Å². The summed E-state index contributed by atoms with van der Waals surface area (Å²) in [7, 11) is -7.57. The van der Waals surface area contributed by atoms with Gasteiger partial charge in [-0.1, -0.05) is 30.3 Å². The monoisotopic (exact) mass is 412 g/mol. The van der Waals surface area contributed by atoms with Crippen LogP contribution in [0, 0.1) is 13.8 Å². The summed E-state index contributed by atoms with van der Waals surface area (Å²) in [5.41, 5.74) is 2.50. The molecule has 0 aliphatic heterocycles. The zero-order chi connectivity index (χ0) is 20.1. The molecule has 0 bridgehead atoms. The fourth-order valence-electron chi connectivity index (χ4n) is 2.43. The van der Waals surface area contributed by atoms with Crippen LogP contribution in [-0.4, -0.2) is 29.2 Å². The Bertz CT molecular complexity index is 988. The van der Waals surface area contributed by atoms with Crippen LogP contribution in [-0.2, 0) is 31.4 Å². The molecule has 2 aromatic carbocycles. The predicted octanol–water partition coefficient (Wildman–Crippen LogP) is 2.30. The fourth-order valence-corrected chi connectivity index (χ4v) is 4.20. The second kappa shape index (κ2) is 8.83. The Morgan fingerprint density at radius 2 is 1.70 bits per heavy atom. The SMILES string of the molecule is Cc1cc(S(N)(=O)=O)cc(NS(=O)(=O)CCCOCc2ccccc2)c1C. The molecule has 2 aromatic rings. The van der Waals surface area contributed by atoms with Crippen molar-refractivity contribution >= 4 is 25.7 Å². The third-order valence-electron chi connectivity index (χ3n) is 4.05. The molecule has 148 valence electrons. The molecule has 9 heteroatoms. The molecule has 0 amide bonds. The van der Waals surface area contributed by atoms with E-state index < -0.39 is 20.0 Å². The summed E-state index contributed by atoms with van der Waals surface area (Å²) in [6.07, 6.45) is 0.315. The Hall–Kier alpha value is -1.94. The summed E-state index contributed by atoms with van der Waals surface area (Å²) in [6, 6.07) is 12.3. The van der Waals surface area contributed by atoms with E-state index in [1.54, 1.807) is 13.8 Å². The molecule has 0 saturated carbocycles. The Labute approximate surface area is 160 Å². The zero-order valence-corrected chi connectivity index (χ0v) is 16.9. The normalized spacial score (nSPS) is 12.1. The Morgan fingerprint density at radius 3 is 2.33 bits per heavy atom. The van der Waals surface area contributed by atoms with Gasteiger partial charge in [-0.2, -0.15) is 0 Å². The van der Waals surface area contributed by atoms with E-state index in [0.29, 0.717) is 30.8 Å². The third-order valence-corrected chi connectivity index (χ3v) is 6.30. The van der Waals surface area contributed by atoms with Crippen molar-refractivity contribution < 1.29 is 21.6 Å². The van der Waals surface area contributed by atoms with Crippen molar-refractivity contribution in [2.24, 2.45) is 5.14 Å². The van der Waals surface area contributed by atoms with Crippen molar-refractivity contribution in [3.63, 3.8) is 0 Å². The van der Waals surface area contributed by atoms with Crippen LogP contribution in [0.2, 0.25) is 0 Å². The third kappa shape index (κ3) is 6.62. The number of hydrogen-bond donors (Lipinski definition) is 2. The van der Waals surface area contributed by atoms with Crippen LogP contribution in [0.15, 0.2) is 47.4 Å². The van der Waals surface area contributed by atoms with Gasteiger partial charge in [0.2, 0.25) is 20.0 Å². The van der Waals surface area contributed by atoms with Crippen LogP contribution in [0.5, 0.6) is 0 Å². The van der Waals surface area contributed by atoms with E-state index in [1.807, 2.05) is 30.3 Å². The van der Waals surface area contributed by atoms with Crippen LogP contribution in [0.25, 0.3) is 0 Å². The lowest BCUT2D eigenvalue weighted by atomic mass is 10.1. The first-order valence-electron chi connectivity index (χ1n) is 8.35. The predicted molar refractivity (Wildman–Crippen MR) is 105 cm³/mol. The number of rotatable bonds is 9. The molecule has 27 heavy (non-hydrogen) atoms. The van der Waals surface area contributed by atoms with Crippen LogP contribution in [0.3, 0.4) is 0 Å². The number of ether oxygens (including phenoxy) is 1. The summed E-state index contributed by atoms with van der Waals surface area (Å²) >= 11 is 0. The van der Waals surface area contributed by atoms with Crippen LogP contribution in [0.4, 0.5) is 5.69 Å². The van der Waals surface area contributed by atoms with Gasteiger partial charge in [0.15, 0.2) is 0 Å². The van der Waals surface area contributed by atoms with Crippen molar-refractivity contribution in [2.45, 2.75) is 31.8 Å². The molecule has 0 spiro atoms. The fraction of sp³-hybridized carbons (Fsp3) is 0.333. The second-order valence-corrected chi connectivity index (χ2v) is 9.67. The molecule has 3 N–H and O–H groups in total. The number of aryl methyl sites for hydroxylation is 1. The first-order chi connectivity index (χ1) is 12.6. The van der Waals surface area contributed by atoms with E-state index in [9.17, 15) is 16.8 Å². The number of hydrogen-bond acceptors (Lipinski definition) is 5. The maximum absolute atomic E-state index is 12.3. The zero-order valence-electron chi connectivity index (χ0n) is 15.3. The van der Waals surface area contributed by atoms with Crippen molar-refractivity contribution in [2.75, 3.05) is 17.1 Å². The first-order valence-corrected chi connectivity index (χ1v) is 11.5. The van der Waals surface area contributed by atoms with Gasteiger partial charge >= 0.3 is 0 Å². The molecular formula is C18H24N2O5S2. The average molecular weight is 413 g/mol. The summed E-state index contributed by atoms with van der Waals surface area (Å²) in [4.78, 5) is -0.130. The standard InChI is InChI=1S/C18H24N2O5S2/c1-14-11-17(27(19,23)24)12-18(15(14)2)20-26(21,22)10-6-9-25-13-16-7-4-3-5-8-16/h3-5,7-8,11-12,20H,6,9-10,13H2,1-2H3,(H2,19,23,24). The summed E-state index contributed by atoms with van der Waals surface area (Å²) in [5, 5.41) is 5.15. The maximum atomic E-state index is 12.3. The molecule has 0 atom stereocenters. The minimum atomic E-state index is -3.93. The van der Waals surface area contributed by atoms with Gasteiger partial charge in [0.25, 0.3) is 0 Å². The number of sulfonamides is 2. The summed E-state index contributed by atoms with van der Waals surface area (Å²) in [5.74, 6) is -0.139. The average Bonchev–Trinajstić information content (AvgIpc) is 2.58. The molecule has 0 aliphatic rings. The van der Waals surface area contributed by atoms with Gasteiger partial charge in [0.05, 0.1) is 22.9 Å². The molecule has 7 nitrogen and oxygen atoms in total. The highest BCUT2D eigenvalue weighted by molar-refractivity contribution is 7.92. The van der Waals surface area contributed by atoms with Crippen LogP contribution >= 0.6 is 0 Å². The number of nitrogens with one attached hydrogen (secondary N) is 1. The highest BCUT2D eigenvalue weighted by Gasteiger charge is 2.17. The lowest BCUT2D eigenvalue weighted by molar-refractivity contribution is 0.122. The van der Waals surface area contributed by atoms with Gasteiger partial charge < -0.3 is 4.74 Å². The molecule has 0 fully saturated rings. The highest BCUT2D eigenvalue weighted by Crippen LogP contribution is 2.24. The van der Waals surface area contributed by atoms with Crippen molar-refractivity contribution in [1.82, 2.24) is 0 Å². The summed E-state index contributed by atoms with van der Waals surface area (Å²) in [6.45, 7) is 4.12. The number of benzene rings is 2. The molecule has 0 aliphatic carbocycles. The van der Waals surface area contributed by atoms with E-state index >= 15 is 0 Å². The number of anilines is 1. The largest absolute Gasteiger partial charge is 0.377 e. The van der Waals surface area contributed by atoms with Crippen molar-refractivity contribution in [1.29, 1.82) is 0 Å². The number of primary sulfonamides is 1. The van der Waals surface area contributed by atoms with E-state index in [0.717, 1.165) is 5.56 Å². The van der Waals surface area contributed by atoms with Gasteiger partial charge in [-0.05, 0) is 49.1 Å². The van der Waals surface area contributed by atoms with Crippen molar-refractivity contribution in [3.05, 3.63) is 59.2 Å². The second-order valence-electron chi connectivity index (χ2n) is 6.27. The molecular weight excluding hydrogens is 388 g/mol. The molecule has 0 radical (unpaired) electrons. The highest BCUT2D eigenvalue weighted by atomic mass is 32.2. The molecule has 0 aromatic heterocycles. The minimum absolute atomic E-state index is 0.130. The smallest absolute Gasteiger partial charge is 0.238 e. The van der Waals surface area contributed by atoms with E-state index in [2.05, 4.69) is 4.72 Å². The molecule has 0 unspecified atom stereocenters. The van der Waals surface area contributed by atoms with Crippen LogP contribution < -0.4 is 9.86 Å². The molecule has 0 heterocycles. The Kier molecular flexibility index (Phi) is 6.99. The van der Waals surface area contributed by atoms with E-state index in [-0.39, 0.29) is 16.3 Å². The first kappa shape index (κ1) is 21.4. The summed E-state index contributed by atoms with van der Waals surface area (Å²) < 4.78 is 55.7. The quantitative estimate of drug-likeness (QED) is 0.613. The Balaban J connectivity index is 1.95.